The summed E-state index contributed by atoms with van der Waals surface area (Å²) < 4.78 is 16.2. The smallest absolute Gasteiger partial charge is 0.164 e. The molecule has 0 saturated carbocycles. The molecular weight excluding hydrogens is 268 g/mol. The monoisotopic (exact) mass is 288 g/mol. The molecule has 0 aliphatic heterocycles. The van der Waals surface area contributed by atoms with E-state index in [1.165, 1.54) is 0 Å². The molecule has 0 heterocycles. The first-order chi connectivity index (χ1) is 10.2. The van der Waals surface area contributed by atoms with Gasteiger partial charge in [0.2, 0.25) is 0 Å². The van der Waals surface area contributed by atoms with Crippen molar-refractivity contribution in [1.29, 1.82) is 0 Å². The van der Waals surface area contributed by atoms with Crippen molar-refractivity contribution in [1.82, 2.24) is 0 Å². The van der Waals surface area contributed by atoms with E-state index in [1.807, 2.05) is 37.3 Å². The molecule has 0 amide bonds. The number of aliphatic hydroxyl groups is 1. The van der Waals surface area contributed by atoms with Crippen molar-refractivity contribution in [2.24, 2.45) is 0 Å². The lowest BCUT2D eigenvalue weighted by atomic mass is 10.1. The zero-order valence-electron chi connectivity index (χ0n) is 12.4. The Balaban J connectivity index is 2.10. The highest BCUT2D eigenvalue weighted by molar-refractivity contribution is 5.45. The lowest BCUT2D eigenvalue weighted by Gasteiger charge is -2.21. The van der Waals surface area contributed by atoms with Crippen LogP contribution in [0.3, 0.4) is 0 Å². The molecule has 2 unspecified atom stereocenters. The van der Waals surface area contributed by atoms with Crippen LogP contribution in [-0.2, 0) is 0 Å². The Morgan fingerprint density at radius 1 is 0.905 bits per heavy atom. The fourth-order valence-electron chi connectivity index (χ4n) is 2.09. The molecule has 112 valence electrons. The van der Waals surface area contributed by atoms with Gasteiger partial charge in [-0.2, -0.15) is 0 Å². The fourth-order valence-corrected chi connectivity index (χ4v) is 2.09. The minimum atomic E-state index is -0.695. The number of aliphatic hydroxyl groups excluding tert-OH is 1. The lowest BCUT2D eigenvalue weighted by Crippen LogP contribution is -2.21. The summed E-state index contributed by atoms with van der Waals surface area (Å²) in [6.45, 7) is 1.83. The first kappa shape index (κ1) is 15.2. The zero-order valence-corrected chi connectivity index (χ0v) is 12.4. The van der Waals surface area contributed by atoms with Crippen LogP contribution in [0.5, 0.6) is 17.2 Å². The van der Waals surface area contributed by atoms with Gasteiger partial charge in [0.15, 0.2) is 11.5 Å². The van der Waals surface area contributed by atoms with Crippen LogP contribution >= 0.6 is 0 Å². The summed E-state index contributed by atoms with van der Waals surface area (Å²) in [5.74, 6) is 1.85. The van der Waals surface area contributed by atoms with Gasteiger partial charge in [0.1, 0.15) is 18.0 Å². The van der Waals surface area contributed by atoms with Crippen LogP contribution in [0.25, 0.3) is 0 Å². The normalized spacial score (nSPS) is 13.3. The molecule has 2 aromatic carbocycles. The topological polar surface area (TPSA) is 47.9 Å². The van der Waals surface area contributed by atoms with Crippen LogP contribution in [0, 0.1) is 0 Å². The number of hydrogen-bond acceptors (Lipinski definition) is 4. The molecule has 4 nitrogen and oxygen atoms in total. The maximum absolute atomic E-state index is 10.3. The van der Waals surface area contributed by atoms with Gasteiger partial charge in [-0.3, -0.25) is 0 Å². The van der Waals surface area contributed by atoms with Gasteiger partial charge < -0.3 is 19.3 Å². The number of hydrogen-bond donors (Lipinski definition) is 1. The van der Waals surface area contributed by atoms with Crippen LogP contribution in [0.2, 0.25) is 0 Å². The summed E-state index contributed by atoms with van der Waals surface area (Å²) in [5.41, 5.74) is 0.825. The second-order valence-corrected chi connectivity index (χ2v) is 4.70. The highest BCUT2D eigenvalue weighted by atomic mass is 16.5. The standard InChI is InChI=1S/C17H20O4/c1-12(17(18)13-7-5-4-6-8-13)21-14-9-10-15(19-2)16(11-14)20-3/h4-12,17-18H,1-3H3. The van der Waals surface area contributed by atoms with Crippen molar-refractivity contribution in [2.75, 3.05) is 14.2 Å². The molecule has 0 aromatic heterocycles. The van der Waals surface area contributed by atoms with Crippen molar-refractivity contribution < 1.29 is 19.3 Å². The Labute approximate surface area is 124 Å². The number of ether oxygens (including phenoxy) is 3. The highest BCUT2D eigenvalue weighted by Gasteiger charge is 2.18. The van der Waals surface area contributed by atoms with Gasteiger partial charge in [-0.05, 0) is 24.6 Å². The predicted molar refractivity (Wildman–Crippen MR) is 81.0 cm³/mol. The molecule has 21 heavy (non-hydrogen) atoms. The molecule has 0 bridgehead atoms. The van der Waals surface area contributed by atoms with Gasteiger partial charge in [-0.15, -0.1) is 0 Å². The second-order valence-electron chi connectivity index (χ2n) is 4.70. The van der Waals surface area contributed by atoms with E-state index in [0.717, 1.165) is 5.56 Å². The molecule has 0 fully saturated rings. The van der Waals surface area contributed by atoms with Crippen LogP contribution < -0.4 is 14.2 Å². The number of methoxy groups -OCH3 is 2. The summed E-state index contributed by atoms with van der Waals surface area (Å²) >= 11 is 0. The van der Waals surface area contributed by atoms with E-state index in [1.54, 1.807) is 32.4 Å². The van der Waals surface area contributed by atoms with E-state index in [0.29, 0.717) is 17.2 Å². The Bertz CT molecular complexity index is 568. The fraction of sp³-hybridized carbons (Fsp3) is 0.294. The average molecular weight is 288 g/mol. The maximum Gasteiger partial charge on any atom is 0.164 e. The van der Waals surface area contributed by atoms with Gasteiger partial charge >= 0.3 is 0 Å². The number of rotatable bonds is 6. The third kappa shape index (κ3) is 3.67. The molecular formula is C17H20O4. The summed E-state index contributed by atoms with van der Waals surface area (Å²) in [7, 11) is 3.16. The third-order valence-electron chi connectivity index (χ3n) is 3.26. The second kappa shape index (κ2) is 6.99. The summed E-state index contributed by atoms with van der Waals surface area (Å²) in [5, 5.41) is 10.3. The molecule has 2 rings (SSSR count). The minimum Gasteiger partial charge on any atom is -0.493 e. The Morgan fingerprint density at radius 3 is 2.19 bits per heavy atom. The molecule has 1 N–H and O–H groups in total. The van der Waals surface area contributed by atoms with E-state index in [9.17, 15) is 5.11 Å². The lowest BCUT2D eigenvalue weighted by molar-refractivity contribution is 0.0466. The van der Waals surface area contributed by atoms with Crippen LogP contribution in [0.15, 0.2) is 48.5 Å². The van der Waals surface area contributed by atoms with E-state index in [-0.39, 0.29) is 6.10 Å². The van der Waals surface area contributed by atoms with Crippen LogP contribution in [0.4, 0.5) is 0 Å². The Morgan fingerprint density at radius 2 is 1.57 bits per heavy atom. The molecule has 0 radical (unpaired) electrons. The molecule has 0 spiro atoms. The van der Waals surface area contributed by atoms with Gasteiger partial charge in [0.25, 0.3) is 0 Å². The quantitative estimate of drug-likeness (QED) is 0.886. The average Bonchev–Trinajstić information content (AvgIpc) is 2.54. The van der Waals surface area contributed by atoms with Crippen molar-refractivity contribution >= 4 is 0 Å². The van der Waals surface area contributed by atoms with Crippen LogP contribution in [0.1, 0.15) is 18.6 Å². The summed E-state index contributed by atoms with van der Waals surface area (Å²) in [6.07, 6.45) is -1.08. The molecule has 0 saturated heterocycles. The Hall–Kier alpha value is -2.20. The molecule has 0 aliphatic carbocycles. The van der Waals surface area contributed by atoms with Gasteiger partial charge in [0, 0.05) is 6.07 Å². The van der Waals surface area contributed by atoms with E-state index in [4.69, 9.17) is 14.2 Å². The SMILES string of the molecule is COc1ccc(OC(C)C(O)c2ccccc2)cc1OC. The van der Waals surface area contributed by atoms with Crippen LogP contribution in [-0.4, -0.2) is 25.4 Å². The maximum atomic E-state index is 10.3. The molecule has 2 aromatic rings. The molecule has 2 atom stereocenters. The van der Waals surface area contributed by atoms with Crippen molar-refractivity contribution in [3.05, 3.63) is 54.1 Å². The minimum absolute atomic E-state index is 0.384. The highest BCUT2D eigenvalue weighted by Crippen LogP contribution is 2.32. The summed E-state index contributed by atoms with van der Waals surface area (Å²) in [6, 6.07) is 14.7. The van der Waals surface area contributed by atoms with E-state index < -0.39 is 6.10 Å². The first-order valence-corrected chi connectivity index (χ1v) is 6.77. The van der Waals surface area contributed by atoms with E-state index >= 15 is 0 Å². The van der Waals surface area contributed by atoms with Gasteiger partial charge in [-0.25, -0.2) is 0 Å². The first-order valence-electron chi connectivity index (χ1n) is 6.77. The zero-order chi connectivity index (χ0) is 15.2. The third-order valence-corrected chi connectivity index (χ3v) is 3.26. The number of benzene rings is 2. The van der Waals surface area contributed by atoms with Crippen molar-refractivity contribution in [2.45, 2.75) is 19.1 Å². The summed E-state index contributed by atoms with van der Waals surface area (Å²) in [4.78, 5) is 0. The molecule has 4 heteroatoms. The van der Waals surface area contributed by atoms with Gasteiger partial charge in [0.05, 0.1) is 14.2 Å². The largest absolute Gasteiger partial charge is 0.493 e. The van der Waals surface area contributed by atoms with Crippen molar-refractivity contribution in [3.63, 3.8) is 0 Å². The van der Waals surface area contributed by atoms with Gasteiger partial charge in [-0.1, -0.05) is 30.3 Å². The predicted octanol–water partition coefficient (Wildman–Crippen LogP) is 3.20. The Kier molecular flexibility index (Phi) is 5.06. The van der Waals surface area contributed by atoms with E-state index in [2.05, 4.69) is 0 Å². The van der Waals surface area contributed by atoms with Crippen molar-refractivity contribution in [3.8, 4) is 17.2 Å². The molecule has 0 aliphatic rings.